The zero-order chi connectivity index (χ0) is 30.3. The maximum atomic E-state index is 13.4. The number of nitrogens with zero attached hydrogens (tertiary/aromatic N) is 3. The van der Waals surface area contributed by atoms with Gasteiger partial charge in [0.15, 0.2) is 5.65 Å². The number of methoxy groups -OCH3 is 1. The molecule has 4 aromatic rings. The Morgan fingerprint density at radius 1 is 1.02 bits per heavy atom. The SMILES string of the molecule is CCc1nc2c(cnn2CC)c(NC2CCOCC2)c1CNC(=O)c1cccc(C(=O)NCc2ccc(OC)c(C)c2)c1. The lowest BCUT2D eigenvalue weighted by Gasteiger charge is -2.26. The monoisotopic (exact) mass is 584 g/mol. The molecule has 0 bridgehead atoms. The van der Waals surface area contributed by atoms with Gasteiger partial charge in [0, 0.05) is 61.3 Å². The van der Waals surface area contributed by atoms with Crippen molar-refractivity contribution >= 4 is 28.5 Å². The first-order chi connectivity index (χ1) is 20.9. The van der Waals surface area contributed by atoms with Crippen LogP contribution in [0.1, 0.15) is 69.8 Å². The van der Waals surface area contributed by atoms with E-state index in [0.29, 0.717) is 30.6 Å². The summed E-state index contributed by atoms with van der Waals surface area (Å²) in [6.45, 7) is 8.90. The number of fused-ring (bicyclic) bond motifs is 1. The zero-order valence-corrected chi connectivity index (χ0v) is 25.3. The Bertz CT molecular complexity index is 1610. The van der Waals surface area contributed by atoms with Crippen molar-refractivity contribution in [2.24, 2.45) is 0 Å². The number of nitrogens with one attached hydrogen (secondary N) is 3. The van der Waals surface area contributed by atoms with Crippen molar-refractivity contribution < 1.29 is 19.1 Å². The molecule has 1 aliphatic rings. The van der Waals surface area contributed by atoms with Gasteiger partial charge in [-0.2, -0.15) is 5.10 Å². The summed E-state index contributed by atoms with van der Waals surface area (Å²) >= 11 is 0. The van der Waals surface area contributed by atoms with Crippen LogP contribution in [-0.2, 0) is 30.8 Å². The van der Waals surface area contributed by atoms with Crippen LogP contribution in [0.15, 0.2) is 48.7 Å². The lowest BCUT2D eigenvalue weighted by Crippen LogP contribution is -2.30. The molecule has 2 aromatic carbocycles. The van der Waals surface area contributed by atoms with Crippen LogP contribution in [0.5, 0.6) is 5.75 Å². The summed E-state index contributed by atoms with van der Waals surface area (Å²) in [4.78, 5) is 31.3. The van der Waals surface area contributed by atoms with Gasteiger partial charge in [-0.05, 0) is 68.5 Å². The highest BCUT2D eigenvalue weighted by Crippen LogP contribution is 2.31. The second kappa shape index (κ2) is 13.7. The van der Waals surface area contributed by atoms with Crippen LogP contribution in [0.3, 0.4) is 0 Å². The Labute approximate surface area is 252 Å². The molecule has 1 fully saturated rings. The van der Waals surface area contributed by atoms with Crippen LogP contribution >= 0.6 is 0 Å². The fraction of sp³-hybridized carbons (Fsp3) is 0.394. The number of benzene rings is 2. The molecule has 3 heterocycles. The first-order valence-corrected chi connectivity index (χ1v) is 14.9. The average molecular weight is 585 g/mol. The van der Waals surface area contributed by atoms with Gasteiger partial charge in [-0.15, -0.1) is 0 Å². The normalized spacial score (nSPS) is 13.6. The summed E-state index contributed by atoms with van der Waals surface area (Å²) in [5.41, 5.74) is 6.48. The van der Waals surface area contributed by atoms with Crippen molar-refractivity contribution in [1.82, 2.24) is 25.4 Å². The van der Waals surface area contributed by atoms with E-state index in [4.69, 9.17) is 14.5 Å². The number of rotatable bonds is 11. The smallest absolute Gasteiger partial charge is 0.251 e. The molecule has 2 amide bonds. The van der Waals surface area contributed by atoms with Gasteiger partial charge < -0.3 is 25.4 Å². The third-order valence-corrected chi connectivity index (χ3v) is 7.90. The summed E-state index contributed by atoms with van der Waals surface area (Å²) in [5, 5.41) is 15.3. The molecule has 10 nitrogen and oxygen atoms in total. The molecule has 3 N–H and O–H groups in total. The van der Waals surface area contributed by atoms with Crippen molar-refractivity contribution in [2.45, 2.75) is 65.7 Å². The van der Waals surface area contributed by atoms with Crippen LogP contribution in [0, 0.1) is 6.92 Å². The molecule has 226 valence electrons. The minimum Gasteiger partial charge on any atom is -0.496 e. The van der Waals surface area contributed by atoms with Crippen LogP contribution < -0.4 is 20.7 Å². The standard InChI is InChI=1S/C33H40N6O4/c1-5-28-26(30(37-25-12-14-43-15-13-25)27-20-36-39(6-2)31(27)38-28)19-35-33(41)24-9-7-8-23(17-24)32(40)34-18-22-10-11-29(42-4)21(3)16-22/h7-11,16-17,20,25H,5-6,12-15,18-19H2,1-4H3,(H,34,40)(H,35,41)(H,37,38). The quantitative estimate of drug-likeness (QED) is 0.232. The van der Waals surface area contributed by atoms with Crippen LogP contribution in [0.4, 0.5) is 5.69 Å². The molecule has 0 saturated carbocycles. The number of carbonyl (C=O) groups is 2. The third-order valence-electron chi connectivity index (χ3n) is 7.90. The van der Waals surface area contributed by atoms with E-state index in [2.05, 4.69) is 28.0 Å². The van der Waals surface area contributed by atoms with Gasteiger partial charge in [-0.25, -0.2) is 9.67 Å². The van der Waals surface area contributed by atoms with Gasteiger partial charge in [0.05, 0.1) is 24.4 Å². The summed E-state index contributed by atoms with van der Waals surface area (Å²) < 4.78 is 12.8. The summed E-state index contributed by atoms with van der Waals surface area (Å²) in [5.74, 6) is 0.295. The summed E-state index contributed by atoms with van der Waals surface area (Å²) in [6, 6.07) is 12.8. The van der Waals surface area contributed by atoms with Crippen molar-refractivity contribution in [2.75, 3.05) is 25.6 Å². The van der Waals surface area contributed by atoms with Crippen LogP contribution in [0.25, 0.3) is 11.0 Å². The molecule has 0 radical (unpaired) electrons. The van der Waals surface area contributed by atoms with Crippen LogP contribution in [-0.4, -0.2) is 52.9 Å². The zero-order valence-electron chi connectivity index (χ0n) is 25.3. The van der Waals surface area contributed by atoms with Gasteiger partial charge in [-0.3, -0.25) is 9.59 Å². The number of hydrogen-bond acceptors (Lipinski definition) is 7. The molecular formula is C33H40N6O4. The first kappa shape index (κ1) is 30.0. The van der Waals surface area contributed by atoms with E-state index in [0.717, 1.165) is 77.5 Å². The minimum absolute atomic E-state index is 0.248. The highest BCUT2D eigenvalue weighted by molar-refractivity contribution is 6.00. The second-order valence-corrected chi connectivity index (χ2v) is 10.7. The third kappa shape index (κ3) is 6.80. The average Bonchev–Trinajstić information content (AvgIpc) is 3.46. The number of aromatic nitrogens is 3. The molecule has 0 unspecified atom stereocenters. The predicted molar refractivity (Wildman–Crippen MR) is 167 cm³/mol. The Kier molecular flexibility index (Phi) is 9.56. The summed E-state index contributed by atoms with van der Waals surface area (Å²) in [6.07, 6.45) is 4.38. The highest BCUT2D eigenvalue weighted by Gasteiger charge is 2.22. The molecule has 5 rings (SSSR count). The van der Waals surface area contributed by atoms with Crippen molar-refractivity contribution in [3.05, 3.63) is 82.2 Å². The molecule has 0 aliphatic carbocycles. The van der Waals surface area contributed by atoms with Crippen molar-refractivity contribution in [1.29, 1.82) is 0 Å². The number of anilines is 1. The molecule has 0 spiro atoms. The predicted octanol–water partition coefficient (Wildman–Crippen LogP) is 4.78. The van der Waals surface area contributed by atoms with E-state index in [1.807, 2.05) is 42.9 Å². The highest BCUT2D eigenvalue weighted by atomic mass is 16.5. The van der Waals surface area contributed by atoms with Gasteiger partial charge >= 0.3 is 0 Å². The van der Waals surface area contributed by atoms with Gasteiger partial charge in [0.2, 0.25) is 0 Å². The Balaban J connectivity index is 1.32. The van der Waals surface area contributed by atoms with E-state index in [1.165, 1.54) is 0 Å². The number of hydrogen-bond donors (Lipinski definition) is 3. The van der Waals surface area contributed by atoms with E-state index >= 15 is 0 Å². The van der Waals surface area contributed by atoms with Gasteiger partial charge in [-0.1, -0.05) is 25.1 Å². The summed E-state index contributed by atoms with van der Waals surface area (Å²) in [7, 11) is 1.64. The lowest BCUT2D eigenvalue weighted by molar-refractivity contribution is 0.0904. The Morgan fingerprint density at radius 2 is 1.74 bits per heavy atom. The van der Waals surface area contributed by atoms with Crippen molar-refractivity contribution in [3.63, 3.8) is 0 Å². The number of amides is 2. The number of ether oxygens (including phenoxy) is 2. The van der Waals surface area contributed by atoms with Gasteiger partial charge in [0.25, 0.3) is 11.8 Å². The Morgan fingerprint density at radius 3 is 2.40 bits per heavy atom. The maximum Gasteiger partial charge on any atom is 0.251 e. The van der Waals surface area contributed by atoms with Crippen LogP contribution in [0.2, 0.25) is 0 Å². The maximum absolute atomic E-state index is 13.4. The fourth-order valence-corrected chi connectivity index (χ4v) is 5.51. The second-order valence-electron chi connectivity index (χ2n) is 10.7. The number of carbonyl (C=O) groups excluding carboxylic acids is 2. The van der Waals surface area contributed by atoms with E-state index < -0.39 is 0 Å². The number of aryl methyl sites for hydroxylation is 3. The first-order valence-electron chi connectivity index (χ1n) is 14.9. The molecule has 1 saturated heterocycles. The lowest BCUT2D eigenvalue weighted by atomic mass is 10.0. The molecule has 0 atom stereocenters. The molecule has 43 heavy (non-hydrogen) atoms. The Hall–Kier alpha value is -4.44. The molecule has 1 aliphatic heterocycles. The fourth-order valence-electron chi connectivity index (χ4n) is 5.51. The van der Waals surface area contributed by atoms with E-state index in [1.54, 1.807) is 31.4 Å². The number of pyridine rings is 1. The molecular weight excluding hydrogens is 544 g/mol. The van der Waals surface area contributed by atoms with E-state index in [9.17, 15) is 9.59 Å². The van der Waals surface area contributed by atoms with E-state index in [-0.39, 0.29) is 17.9 Å². The molecule has 10 heteroatoms. The van der Waals surface area contributed by atoms with Gasteiger partial charge in [0.1, 0.15) is 5.75 Å². The van der Waals surface area contributed by atoms with Crippen molar-refractivity contribution in [3.8, 4) is 5.75 Å². The largest absolute Gasteiger partial charge is 0.496 e. The minimum atomic E-state index is -0.260. The topological polar surface area (TPSA) is 119 Å². The molecule has 2 aromatic heterocycles.